The van der Waals surface area contributed by atoms with Gasteiger partial charge >= 0.3 is 0 Å². The molecular weight excluding hydrogens is 270 g/mol. The zero-order valence-electron chi connectivity index (χ0n) is 9.72. The van der Waals surface area contributed by atoms with E-state index < -0.39 is 0 Å². The van der Waals surface area contributed by atoms with Gasteiger partial charge in [0, 0.05) is 27.7 Å². The van der Waals surface area contributed by atoms with Crippen LogP contribution in [0.25, 0.3) is 0 Å². The molecule has 0 saturated carbocycles. The Hall–Kier alpha value is 0.140. The summed E-state index contributed by atoms with van der Waals surface area (Å²) in [5.41, 5.74) is 0. The predicted molar refractivity (Wildman–Crippen MR) is 73.0 cm³/mol. The summed E-state index contributed by atoms with van der Waals surface area (Å²) in [6.07, 6.45) is 1.15. The zero-order valence-corrected chi connectivity index (χ0v) is 12.1. The lowest BCUT2D eigenvalue weighted by Gasteiger charge is -2.19. The molecule has 86 valence electrons. The van der Waals surface area contributed by atoms with Gasteiger partial charge < -0.3 is 5.32 Å². The number of rotatable bonds is 6. The second-order valence-electron chi connectivity index (χ2n) is 4.11. The minimum Gasteiger partial charge on any atom is -0.308 e. The van der Waals surface area contributed by atoms with Crippen molar-refractivity contribution in [1.29, 1.82) is 0 Å². The maximum atomic E-state index is 3.59. The molecule has 0 bridgehead atoms. The summed E-state index contributed by atoms with van der Waals surface area (Å²) in [7, 11) is 0. The molecule has 0 aliphatic rings. The highest BCUT2D eigenvalue weighted by atomic mass is 79.9. The van der Waals surface area contributed by atoms with Crippen molar-refractivity contribution < 1.29 is 0 Å². The van der Waals surface area contributed by atoms with E-state index in [9.17, 15) is 0 Å². The number of halogens is 1. The van der Waals surface area contributed by atoms with Crippen LogP contribution in [-0.2, 0) is 13.0 Å². The molecule has 0 aromatic carbocycles. The van der Waals surface area contributed by atoms with Gasteiger partial charge in [0.1, 0.15) is 0 Å². The molecule has 0 aliphatic carbocycles. The van der Waals surface area contributed by atoms with E-state index in [-0.39, 0.29) is 0 Å². The topological polar surface area (TPSA) is 12.0 Å². The van der Waals surface area contributed by atoms with Crippen LogP contribution >= 0.6 is 27.3 Å². The number of thiophene rings is 1. The fourth-order valence-electron chi connectivity index (χ4n) is 1.41. The van der Waals surface area contributed by atoms with Crippen LogP contribution in [0.15, 0.2) is 12.1 Å². The maximum absolute atomic E-state index is 3.59. The molecule has 1 N–H and O–H groups in total. The van der Waals surface area contributed by atoms with E-state index in [0.29, 0.717) is 12.0 Å². The standard InChI is InChI=1S/C12H20BrNS/c1-4-10-5-6-11(15-10)8-14-12(7-13)9(2)3/h5-6,9,12,14H,4,7-8H2,1-3H3. The van der Waals surface area contributed by atoms with Crippen molar-refractivity contribution in [2.75, 3.05) is 5.33 Å². The fourth-order valence-corrected chi connectivity index (χ4v) is 3.29. The molecule has 1 aromatic rings. The Morgan fingerprint density at radius 3 is 2.47 bits per heavy atom. The van der Waals surface area contributed by atoms with Crippen LogP contribution < -0.4 is 5.32 Å². The summed E-state index contributed by atoms with van der Waals surface area (Å²) in [5, 5.41) is 4.61. The van der Waals surface area contributed by atoms with Crippen LogP contribution in [0.2, 0.25) is 0 Å². The Kier molecular flexibility index (Phi) is 5.87. The second kappa shape index (κ2) is 6.66. The van der Waals surface area contributed by atoms with Crippen LogP contribution in [0.5, 0.6) is 0 Å². The smallest absolute Gasteiger partial charge is 0.0302 e. The van der Waals surface area contributed by atoms with Crippen molar-refractivity contribution in [3.63, 3.8) is 0 Å². The van der Waals surface area contributed by atoms with Crippen LogP contribution in [0.4, 0.5) is 0 Å². The third-order valence-corrected chi connectivity index (χ3v) is 4.50. The molecule has 1 unspecified atom stereocenters. The monoisotopic (exact) mass is 289 g/mol. The summed E-state index contributed by atoms with van der Waals surface area (Å²) >= 11 is 5.47. The molecule has 1 atom stereocenters. The molecule has 15 heavy (non-hydrogen) atoms. The second-order valence-corrected chi connectivity index (χ2v) is 6.01. The Morgan fingerprint density at radius 2 is 2.00 bits per heavy atom. The summed E-state index contributed by atoms with van der Waals surface area (Å²) in [6.45, 7) is 7.72. The Labute approximate surface area is 105 Å². The first kappa shape index (κ1) is 13.2. The zero-order chi connectivity index (χ0) is 11.3. The lowest BCUT2D eigenvalue weighted by molar-refractivity contribution is 0.435. The molecule has 0 aliphatic heterocycles. The van der Waals surface area contributed by atoms with Crippen LogP contribution in [0.1, 0.15) is 30.5 Å². The van der Waals surface area contributed by atoms with E-state index >= 15 is 0 Å². The number of alkyl halides is 1. The van der Waals surface area contributed by atoms with E-state index in [1.165, 1.54) is 9.75 Å². The van der Waals surface area contributed by atoms with Gasteiger partial charge in [-0.3, -0.25) is 0 Å². The Balaban J connectivity index is 2.41. The normalized spacial score (nSPS) is 13.4. The SMILES string of the molecule is CCc1ccc(CNC(CBr)C(C)C)s1. The maximum Gasteiger partial charge on any atom is 0.0302 e. The Bertz CT molecular complexity index is 283. The van der Waals surface area contributed by atoms with Crippen molar-refractivity contribution in [2.45, 2.75) is 39.8 Å². The minimum atomic E-state index is 0.567. The number of hydrogen-bond donors (Lipinski definition) is 1. The van der Waals surface area contributed by atoms with Crippen molar-refractivity contribution in [1.82, 2.24) is 5.32 Å². The summed E-state index contributed by atoms with van der Waals surface area (Å²) in [4.78, 5) is 2.92. The molecule has 1 aromatic heterocycles. The van der Waals surface area contributed by atoms with Gasteiger partial charge in [0.05, 0.1) is 0 Å². The van der Waals surface area contributed by atoms with Gasteiger partial charge in [0.2, 0.25) is 0 Å². The van der Waals surface area contributed by atoms with Crippen LogP contribution in [0, 0.1) is 5.92 Å². The van der Waals surface area contributed by atoms with Crippen LogP contribution in [-0.4, -0.2) is 11.4 Å². The lowest BCUT2D eigenvalue weighted by Crippen LogP contribution is -2.34. The number of hydrogen-bond acceptors (Lipinski definition) is 2. The highest BCUT2D eigenvalue weighted by molar-refractivity contribution is 9.09. The molecule has 0 fully saturated rings. The summed E-state index contributed by atoms with van der Waals surface area (Å²) < 4.78 is 0. The van der Waals surface area contributed by atoms with Gasteiger partial charge in [0.25, 0.3) is 0 Å². The average molecular weight is 290 g/mol. The average Bonchev–Trinajstić information content (AvgIpc) is 2.66. The number of aryl methyl sites for hydroxylation is 1. The number of nitrogens with one attached hydrogen (secondary N) is 1. The van der Waals surface area contributed by atoms with Gasteiger partial charge in [-0.15, -0.1) is 11.3 Å². The fraction of sp³-hybridized carbons (Fsp3) is 0.667. The van der Waals surface area contributed by atoms with Gasteiger partial charge in [-0.1, -0.05) is 36.7 Å². The lowest BCUT2D eigenvalue weighted by atomic mass is 10.1. The quantitative estimate of drug-likeness (QED) is 0.785. The van der Waals surface area contributed by atoms with Gasteiger partial charge in [0.15, 0.2) is 0 Å². The van der Waals surface area contributed by atoms with E-state index in [1.54, 1.807) is 0 Å². The molecular formula is C12H20BrNS. The molecule has 1 nitrogen and oxygen atoms in total. The molecule has 0 spiro atoms. The largest absolute Gasteiger partial charge is 0.308 e. The molecule has 3 heteroatoms. The molecule has 1 rings (SSSR count). The minimum absolute atomic E-state index is 0.567. The van der Waals surface area contributed by atoms with Crippen molar-refractivity contribution >= 4 is 27.3 Å². The first-order chi connectivity index (χ1) is 7.17. The van der Waals surface area contributed by atoms with Crippen molar-refractivity contribution in [2.24, 2.45) is 5.92 Å². The molecule has 0 saturated heterocycles. The predicted octanol–water partition coefficient (Wildman–Crippen LogP) is 3.82. The Morgan fingerprint density at radius 1 is 1.33 bits per heavy atom. The van der Waals surface area contributed by atoms with Gasteiger partial charge in [-0.2, -0.15) is 0 Å². The van der Waals surface area contributed by atoms with Crippen molar-refractivity contribution in [3.05, 3.63) is 21.9 Å². The summed E-state index contributed by atoms with van der Waals surface area (Å²) in [5.74, 6) is 0.676. The first-order valence-corrected chi connectivity index (χ1v) is 7.48. The molecule has 0 radical (unpaired) electrons. The third-order valence-electron chi connectivity index (χ3n) is 2.58. The third kappa shape index (κ3) is 4.25. The molecule has 1 heterocycles. The van der Waals surface area contributed by atoms with Crippen molar-refractivity contribution in [3.8, 4) is 0 Å². The molecule has 0 amide bonds. The highest BCUT2D eigenvalue weighted by Crippen LogP contribution is 2.17. The van der Waals surface area contributed by atoms with Crippen LogP contribution in [0.3, 0.4) is 0 Å². The first-order valence-electron chi connectivity index (χ1n) is 5.54. The van der Waals surface area contributed by atoms with Gasteiger partial charge in [-0.25, -0.2) is 0 Å². The van der Waals surface area contributed by atoms with E-state index in [0.717, 1.165) is 18.3 Å². The summed E-state index contributed by atoms with van der Waals surface area (Å²) in [6, 6.07) is 5.04. The van der Waals surface area contributed by atoms with E-state index in [4.69, 9.17) is 0 Å². The highest BCUT2D eigenvalue weighted by Gasteiger charge is 2.11. The van der Waals surface area contributed by atoms with E-state index in [2.05, 4.69) is 54.2 Å². The van der Waals surface area contributed by atoms with Gasteiger partial charge in [-0.05, 0) is 24.5 Å². The van der Waals surface area contributed by atoms with E-state index in [1.807, 2.05) is 11.3 Å².